The van der Waals surface area contributed by atoms with E-state index in [-0.39, 0.29) is 17.2 Å². The van der Waals surface area contributed by atoms with Crippen LogP contribution >= 0.6 is 0 Å². The van der Waals surface area contributed by atoms with Gasteiger partial charge in [0.2, 0.25) is 5.91 Å². The van der Waals surface area contributed by atoms with Gasteiger partial charge in [-0.1, -0.05) is 0 Å². The first kappa shape index (κ1) is 11.3. The van der Waals surface area contributed by atoms with Crippen LogP contribution in [0.2, 0.25) is 0 Å². The molecule has 1 unspecified atom stereocenters. The molecular formula is C10H15N3O2. The lowest BCUT2D eigenvalue weighted by Crippen LogP contribution is -2.35. The van der Waals surface area contributed by atoms with E-state index in [1.54, 1.807) is 33.3 Å². The van der Waals surface area contributed by atoms with Gasteiger partial charge in [0.1, 0.15) is 6.04 Å². The highest BCUT2D eigenvalue weighted by atomic mass is 16.2. The number of hydrogen-bond donors (Lipinski definition) is 1. The predicted molar refractivity (Wildman–Crippen MR) is 58.5 cm³/mol. The van der Waals surface area contributed by atoms with Crippen molar-refractivity contribution >= 4 is 11.6 Å². The van der Waals surface area contributed by atoms with Gasteiger partial charge in [0.05, 0.1) is 5.69 Å². The van der Waals surface area contributed by atoms with E-state index in [2.05, 4.69) is 0 Å². The summed E-state index contributed by atoms with van der Waals surface area (Å²) in [6.07, 6.45) is 1.56. The molecule has 1 amide bonds. The highest BCUT2D eigenvalue weighted by Gasteiger charge is 2.17. The quantitative estimate of drug-likeness (QED) is 0.750. The summed E-state index contributed by atoms with van der Waals surface area (Å²) in [5.74, 6) is -0.136. The van der Waals surface area contributed by atoms with Gasteiger partial charge >= 0.3 is 0 Å². The zero-order valence-corrected chi connectivity index (χ0v) is 9.10. The van der Waals surface area contributed by atoms with Crippen LogP contribution in [-0.4, -0.2) is 29.5 Å². The molecule has 0 fully saturated rings. The molecule has 0 aromatic carbocycles. The number of carbonyl (C=O) groups is 1. The number of hydrogen-bond acceptors (Lipinski definition) is 3. The van der Waals surface area contributed by atoms with Crippen molar-refractivity contribution in [2.24, 2.45) is 0 Å². The number of carbonyl (C=O) groups excluding carboxylic acids is 1. The molecule has 0 aliphatic heterocycles. The lowest BCUT2D eigenvalue weighted by Gasteiger charge is -2.18. The number of anilines is 1. The predicted octanol–water partition coefficient (Wildman–Crippen LogP) is 0.0797. The van der Waals surface area contributed by atoms with Gasteiger partial charge in [-0.3, -0.25) is 9.59 Å². The van der Waals surface area contributed by atoms with Crippen molar-refractivity contribution in [2.45, 2.75) is 13.0 Å². The summed E-state index contributed by atoms with van der Waals surface area (Å²) in [4.78, 5) is 24.7. The van der Waals surface area contributed by atoms with E-state index in [9.17, 15) is 9.59 Å². The van der Waals surface area contributed by atoms with Crippen LogP contribution in [0.1, 0.15) is 13.0 Å². The Labute approximate surface area is 88.1 Å². The third kappa shape index (κ3) is 2.18. The number of nitrogens with zero attached hydrogens (tertiary/aromatic N) is 2. The van der Waals surface area contributed by atoms with Crippen LogP contribution in [0.25, 0.3) is 0 Å². The number of amides is 1. The Morgan fingerprint density at radius 2 is 2.13 bits per heavy atom. The van der Waals surface area contributed by atoms with Crippen molar-refractivity contribution in [3.8, 4) is 0 Å². The molecular weight excluding hydrogens is 194 g/mol. The minimum atomic E-state index is -0.531. The molecule has 0 radical (unpaired) electrons. The average molecular weight is 209 g/mol. The summed E-state index contributed by atoms with van der Waals surface area (Å²) < 4.78 is 1.33. The summed E-state index contributed by atoms with van der Waals surface area (Å²) in [5.41, 5.74) is 5.29. The fourth-order valence-corrected chi connectivity index (χ4v) is 1.33. The Morgan fingerprint density at radius 1 is 1.53 bits per heavy atom. The Hall–Kier alpha value is -1.78. The van der Waals surface area contributed by atoms with Crippen molar-refractivity contribution in [3.05, 3.63) is 28.7 Å². The summed E-state index contributed by atoms with van der Waals surface area (Å²) in [6.45, 7) is 1.67. The molecule has 82 valence electrons. The monoisotopic (exact) mass is 209 g/mol. The smallest absolute Gasteiger partial charge is 0.274 e. The van der Waals surface area contributed by atoms with Gasteiger partial charge in [0, 0.05) is 20.3 Å². The second-order valence-corrected chi connectivity index (χ2v) is 3.58. The maximum absolute atomic E-state index is 11.6. The van der Waals surface area contributed by atoms with Crippen LogP contribution in [0, 0.1) is 0 Å². The highest BCUT2D eigenvalue weighted by Crippen LogP contribution is 2.06. The first-order chi connectivity index (χ1) is 6.95. The molecule has 0 aliphatic rings. The van der Waals surface area contributed by atoms with E-state index in [4.69, 9.17) is 5.73 Å². The van der Waals surface area contributed by atoms with Crippen LogP contribution in [-0.2, 0) is 4.79 Å². The van der Waals surface area contributed by atoms with Gasteiger partial charge in [-0.2, -0.15) is 0 Å². The van der Waals surface area contributed by atoms with Crippen molar-refractivity contribution in [3.63, 3.8) is 0 Å². The third-order valence-electron chi connectivity index (χ3n) is 2.22. The molecule has 0 bridgehead atoms. The third-order valence-corrected chi connectivity index (χ3v) is 2.22. The fourth-order valence-electron chi connectivity index (χ4n) is 1.33. The summed E-state index contributed by atoms with van der Waals surface area (Å²) in [6, 6.07) is 2.64. The Balaban J connectivity index is 3.12. The Bertz CT molecular complexity index is 423. The highest BCUT2D eigenvalue weighted by molar-refractivity contribution is 5.79. The lowest BCUT2D eigenvalue weighted by atomic mass is 10.2. The minimum Gasteiger partial charge on any atom is -0.394 e. The van der Waals surface area contributed by atoms with Gasteiger partial charge in [-0.05, 0) is 19.1 Å². The first-order valence-corrected chi connectivity index (χ1v) is 4.63. The van der Waals surface area contributed by atoms with Gasteiger partial charge in [-0.25, -0.2) is 0 Å². The van der Waals surface area contributed by atoms with Gasteiger partial charge in [-0.15, -0.1) is 0 Å². The molecule has 0 spiro atoms. The van der Waals surface area contributed by atoms with Gasteiger partial charge < -0.3 is 15.2 Å². The zero-order valence-electron chi connectivity index (χ0n) is 9.10. The zero-order chi connectivity index (χ0) is 11.6. The lowest BCUT2D eigenvalue weighted by molar-refractivity contribution is -0.131. The molecule has 0 saturated heterocycles. The van der Waals surface area contributed by atoms with Crippen LogP contribution in [0.15, 0.2) is 23.1 Å². The number of nitrogen functional groups attached to an aromatic ring is 1. The molecule has 1 heterocycles. The molecule has 15 heavy (non-hydrogen) atoms. The van der Waals surface area contributed by atoms with Crippen LogP contribution in [0.5, 0.6) is 0 Å². The van der Waals surface area contributed by atoms with E-state index in [1.165, 1.54) is 15.5 Å². The second kappa shape index (κ2) is 4.16. The molecule has 5 heteroatoms. The number of nitrogens with two attached hydrogens (primary N) is 1. The standard InChI is InChI=1S/C10H15N3O2/c1-7(9(14)12(2)3)13-6-4-5-8(11)10(13)15/h4-7H,11H2,1-3H3. The summed E-state index contributed by atoms with van der Waals surface area (Å²) in [7, 11) is 3.30. The van der Waals surface area contributed by atoms with Crippen molar-refractivity contribution in [2.75, 3.05) is 19.8 Å². The van der Waals surface area contributed by atoms with E-state index < -0.39 is 6.04 Å². The summed E-state index contributed by atoms with van der Waals surface area (Å²) >= 11 is 0. The molecule has 1 rings (SSSR count). The first-order valence-electron chi connectivity index (χ1n) is 4.63. The average Bonchev–Trinajstić information content (AvgIpc) is 2.20. The molecule has 0 aliphatic carbocycles. The molecule has 1 atom stereocenters. The molecule has 0 saturated carbocycles. The number of likely N-dealkylation sites (N-methyl/N-ethyl adjacent to an activating group) is 1. The van der Waals surface area contributed by atoms with E-state index >= 15 is 0 Å². The molecule has 5 nitrogen and oxygen atoms in total. The number of pyridine rings is 1. The van der Waals surface area contributed by atoms with E-state index in [0.717, 1.165) is 0 Å². The topological polar surface area (TPSA) is 68.3 Å². The SMILES string of the molecule is CC(C(=O)N(C)C)n1cccc(N)c1=O. The van der Waals surface area contributed by atoms with Crippen molar-refractivity contribution < 1.29 is 4.79 Å². The largest absolute Gasteiger partial charge is 0.394 e. The van der Waals surface area contributed by atoms with E-state index in [0.29, 0.717) is 0 Å². The Kier molecular flexibility index (Phi) is 3.14. The van der Waals surface area contributed by atoms with Gasteiger partial charge in [0.25, 0.3) is 5.56 Å². The minimum absolute atomic E-state index is 0.136. The van der Waals surface area contributed by atoms with Crippen molar-refractivity contribution in [1.29, 1.82) is 0 Å². The molecule has 1 aromatic rings. The fraction of sp³-hybridized carbons (Fsp3) is 0.400. The van der Waals surface area contributed by atoms with Crippen LogP contribution in [0.3, 0.4) is 0 Å². The maximum Gasteiger partial charge on any atom is 0.274 e. The second-order valence-electron chi connectivity index (χ2n) is 3.58. The summed E-state index contributed by atoms with van der Waals surface area (Å²) in [5, 5.41) is 0. The number of aromatic nitrogens is 1. The van der Waals surface area contributed by atoms with Crippen molar-refractivity contribution in [1.82, 2.24) is 9.47 Å². The van der Waals surface area contributed by atoms with E-state index in [1.807, 2.05) is 0 Å². The molecule has 1 aromatic heterocycles. The van der Waals surface area contributed by atoms with Crippen LogP contribution < -0.4 is 11.3 Å². The number of rotatable bonds is 2. The van der Waals surface area contributed by atoms with Crippen LogP contribution in [0.4, 0.5) is 5.69 Å². The van der Waals surface area contributed by atoms with Gasteiger partial charge in [0.15, 0.2) is 0 Å². The normalized spacial score (nSPS) is 12.2. The maximum atomic E-state index is 11.6. The Morgan fingerprint density at radius 3 is 2.67 bits per heavy atom. The molecule has 2 N–H and O–H groups in total.